The van der Waals surface area contributed by atoms with Crippen molar-refractivity contribution in [1.82, 2.24) is 4.98 Å². The summed E-state index contributed by atoms with van der Waals surface area (Å²) in [7, 11) is 0. The van der Waals surface area contributed by atoms with Gasteiger partial charge in [-0.2, -0.15) is 0 Å². The maximum atomic E-state index is 10.8. The number of rotatable bonds is 8. The number of unbranched alkanes of at least 4 members (excludes halogenated alkanes) is 2. The van der Waals surface area contributed by atoms with Crippen molar-refractivity contribution in [3.8, 4) is 11.3 Å². The van der Waals surface area contributed by atoms with Gasteiger partial charge in [0.05, 0.1) is 17.3 Å². The topological polar surface area (TPSA) is 47.1 Å². The number of fused-ring (bicyclic) bond motifs is 1. The quantitative estimate of drug-likeness (QED) is 0.468. The zero-order valence-electron chi connectivity index (χ0n) is 14.8. The highest BCUT2D eigenvalue weighted by Gasteiger charge is 2.14. The predicted molar refractivity (Wildman–Crippen MR) is 109 cm³/mol. The van der Waals surface area contributed by atoms with Crippen molar-refractivity contribution in [2.24, 2.45) is 0 Å². The van der Waals surface area contributed by atoms with E-state index >= 15 is 0 Å². The van der Waals surface area contributed by atoms with Gasteiger partial charge < -0.3 is 5.11 Å². The molecule has 0 fully saturated rings. The summed E-state index contributed by atoms with van der Waals surface area (Å²) in [4.78, 5) is 7.68. The van der Waals surface area contributed by atoms with Crippen LogP contribution in [-0.2, 0) is 0 Å². The first-order chi connectivity index (χ1) is 12.7. The fourth-order valence-electron chi connectivity index (χ4n) is 3.17. The van der Waals surface area contributed by atoms with Crippen LogP contribution in [0.15, 0.2) is 54.6 Å². The summed E-state index contributed by atoms with van der Waals surface area (Å²) in [6.45, 7) is 4.54. The van der Waals surface area contributed by atoms with Gasteiger partial charge in [-0.3, -0.25) is 4.99 Å². The highest BCUT2D eigenvalue weighted by atomic mass is 35.5. The van der Waals surface area contributed by atoms with Gasteiger partial charge in [-0.05, 0) is 42.7 Å². The summed E-state index contributed by atoms with van der Waals surface area (Å²) < 4.78 is 0. The maximum Gasteiger partial charge on any atom is 0.140 e. The zero-order chi connectivity index (χ0) is 18.4. The van der Waals surface area contributed by atoms with E-state index in [1.807, 2.05) is 54.6 Å². The van der Waals surface area contributed by atoms with Crippen molar-refractivity contribution in [2.45, 2.75) is 31.8 Å². The number of nitrogens with zero attached hydrogens (tertiary/aromatic N) is 1. The van der Waals surface area contributed by atoms with E-state index in [2.05, 4.69) is 11.7 Å². The molecule has 0 unspecified atom stereocenters. The first-order valence-corrected chi connectivity index (χ1v) is 9.40. The zero-order valence-corrected chi connectivity index (χ0v) is 15.5. The molecule has 0 radical (unpaired) electrons. The lowest BCUT2D eigenvalue weighted by Crippen LogP contribution is -2.65. The van der Waals surface area contributed by atoms with Gasteiger partial charge in [0.15, 0.2) is 0 Å². The second kappa shape index (κ2) is 8.93. The highest BCUT2D eigenvalue weighted by molar-refractivity contribution is 6.30. The van der Waals surface area contributed by atoms with Crippen LogP contribution in [-0.4, -0.2) is 23.4 Å². The predicted octanol–water partition coefficient (Wildman–Crippen LogP) is 3.93. The standard InChI is InChI=1S/C22H23ClN2O/c1-24-14-6-2-3-9-22(26)19-15-21(16-10-12-17(23)13-11-16)25-20-8-5-4-7-18(19)20/h4-5,7-8,10-13,15,22,26H,1-3,6,9,14H2/p+1/t22-/m0/s1. The summed E-state index contributed by atoms with van der Waals surface area (Å²) in [6.07, 6.45) is 3.37. The molecule has 3 nitrogen and oxygen atoms in total. The normalized spacial score (nSPS) is 12.2. The van der Waals surface area contributed by atoms with Gasteiger partial charge in [0.25, 0.3) is 0 Å². The number of aliphatic hydroxyl groups is 1. The van der Waals surface area contributed by atoms with Crippen molar-refractivity contribution >= 4 is 29.2 Å². The summed E-state index contributed by atoms with van der Waals surface area (Å²) >= 11 is 6.00. The number of hydrogen-bond donors (Lipinski definition) is 2. The van der Waals surface area contributed by atoms with Crippen molar-refractivity contribution < 1.29 is 10.1 Å². The number of nitrogens with one attached hydrogen (secondary N) is 1. The number of halogens is 1. The number of hydrogen-bond acceptors (Lipinski definition) is 2. The molecule has 3 rings (SSSR count). The van der Waals surface area contributed by atoms with Gasteiger partial charge >= 0.3 is 0 Å². The van der Waals surface area contributed by atoms with Crippen LogP contribution in [0.2, 0.25) is 5.02 Å². The van der Waals surface area contributed by atoms with Gasteiger partial charge in [-0.1, -0.05) is 48.4 Å². The first-order valence-electron chi connectivity index (χ1n) is 9.02. The van der Waals surface area contributed by atoms with E-state index in [-0.39, 0.29) is 0 Å². The molecule has 1 heterocycles. The van der Waals surface area contributed by atoms with Gasteiger partial charge in [0.1, 0.15) is 13.3 Å². The molecule has 0 bridgehead atoms. The Hall–Kier alpha value is -2.23. The molecule has 0 aliphatic heterocycles. The monoisotopic (exact) mass is 367 g/mol. The fourth-order valence-corrected chi connectivity index (χ4v) is 3.29. The second-order valence-electron chi connectivity index (χ2n) is 6.49. The SMILES string of the molecule is C=[NH+]CCCCC[C@H](O)c1cc(-c2ccc(Cl)cc2)nc2ccccc12. The molecule has 1 aromatic heterocycles. The Bertz CT molecular complexity index is 877. The molecule has 0 aliphatic rings. The average Bonchev–Trinajstić information content (AvgIpc) is 2.67. The number of benzene rings is 2. The molecule has 1 atom stereocenters. The molecule has 2 aromatic carbocycles. The lowest BCUT2D eigenvalue weighted by atomic mass is 9.97. The van der Waals surface area contributed by atoms with Crippen molar-refractivity contribution in [1.29, 1.82) is 0 Å². The molecule has 2 N–H and O–H groups in total. The van der Waals surface area contributed by atoms with E-state index in [9.17, 15) is 5.11 Å². The third-order valence-electron chi connectivity index (χ3n) is 4.58. The van der Waals surface area contributed by atoms with E-state index in [0.717, 1.165) is 60.0 Å². The van der Waals surface area contributed by atoms with E-state index in [1.165, 1.54) is 0 Å². The van der Waals surface area contributed by atoms with E-state index < -0.39 is 6.10 Å². The molecule has 26 heavy (non-hydrogen) atoms. The Morgan fingerprint density at radius 2 is 1.81 bits per heavy atom. The van der Waals surface area contributed by atoms with Crippen molar-refractivity contribution in [3.63, 3.8) is 0 Å². The number of pyridine rings is 1. The van der Waals surface area contributed by atoms with Gasteiger partial charge in [-0.25, -0.2) is 4.98 Å². The minimum atomic E-state index is -0.498. The molecule has 0 saturated carbocycles. The fraction of sp³-hybridized carbons (Fsp3) is 0.273. The summed E-state index contributed by atoms with van der Waals surface area (Å²) in [5.74, 6) is 0. The lowest BCUT2D eigenvalue weighted by molar-refractivity contribution is -0.447. The third kappa shape index (κ3) is 4.48. The van der Waals surface area contributed by atoms with Crippen molar-refractivity contribution in [2.75, 3.05) is 6.54 Å². The maximum absolute atomic E-state index is 10.8. The van der Waals surface area contributed by atoms with Gasteiger partial charge in [0, 0.05) is 22.4 Å². The molecule has 4 heteroatoms. The second-order valence-corrected chi connectivity index (χ2v) is 6.92. The largest absolute Gasteiger partial charge is 0.388 e. The molecule has 0 amide bonds. The Balaban J connectivity index is 1.90. The molecule has 3 aromatic rings. The smallest absolute Gasteiger partial charge is 0.140 e. The minimum absolute atomic E-state index is 0.498. The average molecular weight is 368 g/mol. The Morgan fingerprint density at radius 3 is 2.58 bits per heavy atom. The molecule has 0 aliphatic carbocycles. The number of aliphatic hydroxyl groups excluding tert-OH is 1. The van der Waals surface area contributed by atoms with Crippen LogP contribution in [0.3, 0.4) is 0 Å². The molecular weight excluding hydrogens is 344 g/mol. The van der Waals surface area contributed by atoms with Crippen molar-refractivity contribution in [3.05, 3.63) is 65.2 Å². The van der Waals surface area contributed by atoms with Gasteiger partial charge in [-0.15, -0.1) is 0 Å². The van der Waals surface area contributed by atoms with E-state index in [0.29, 0.717) is 5.02 Å². The third-order valence-corrected chi connectivity index (χ3v) is 4.83. The lowest BCUT2D eigenvalue weighted by Gasteiger charge is -2.15. The molecule has 134 valence electrons. The Morgan fingerprint density at radius 1 is 1.04 bits per heavy atom. The van der Waals surface area contributed by atoms with Crippen LogP contribution in [0, 0.1) is 0 Å². The first kappa shape index (κ1) is 18.6. The number of aromatic nitrogens is 1. The molecular formula is C22H24ClN2O+. The van der Waals surface area contributed by atoms with Crippen LogP contribution >= 0.6 is 11.6 Å². The van der Waals surface area contributed by atoms with E-state index in [4.69, 9.17) is 16.6 Å². The highest BCUT2D eigenvalue weighted by Crippen LogP contribution is 2.31. The van der Waals surface area contributed by atoms with Gasteiger partial charge in [0.2, 0.25) is 0 Å². The van der Waals surface area contributed by atoms with Crippen LogP contribution in [0.4, 0.5) is 0 Å². The summed E-state index contributed by atoms with van der Waals surface area (Å²) in [5.41, 5.74) is 3.69. The van der Waals surface area contributed by atoms with Crippen LogP contribution in [0.1, 0.15) is 37.4 Å². The minimum Gasteiger partial charge on any atom is -0.388 e. The number of para-hydroxylation sites is 1. The van der Waals surface area contributed by atoms with E-state index in [1.54, 1.807) is 0 Å². The Kier molecular flexibility index (Phi) is 6.37. The van der Waals surface area contributed by atoms with Crippen LogP contribution in [0.5, 0.6) is 0 Å². The summed E-state index contributed by atoms with van der Waals surface area (Å²) in [5, 5.41) is 12.5. The van der Waals surface area contributed by atoms with Crippen LogP contribution in [0.25, 0.3) is 22.2 Å². The van der Waals surface area contributed by atoms with Crippen LogP contribution < -0.4 is 4.99 Å². The Labute approximate surface area is 159 Å². The molecule has 0 spiro atoms. The molecule has 0 saturated heterocycles. The summed E-state index contributed by atoms with van der Waals surface area (Å²) in [6, 6.07) is 17.6.